The Balaban J connectivity index is 1.67. The standard InChI is InChI=1S/C15H16FN3OS/c1-11-2-3-12(13(16)10-11)14(20)18-5-7-19(8-6-18)15-17-4-9-21-15/h2-4,9-10H,5-8H2,1H3. The highest BCUT2D eigenvalue weighted by Gasteiger charge is 2.24. The molecule has 21 heavy (non-hydrogen) atoms. The monoisotopic (exact) mass is 305 g/mol. The van der Waals surface area contributed by atoms with Crippen LogP contribution >= 0.6 is 11.3 Å². The molecule has 1 aromatic heterocycles. The smallest absolute Gasteiger partial charge is 0.256 e. The molecule has 110 valence electrons. The van der Waals surface area contributed by atoms with Gasteiger partial charge in [0.25, 0.3) is 5.91 Å². The minimum absolute atomic E-state index is 0.156. The summed E-state index contributed by atoms with van der Waals surface area (Å²) in [5.74, 6) is -0.673. The lowest BCUT2D eigenvalue weighted by Crippen LogP contribution is -2.49. The molecular formula is C15H16FN3OS. The van der Waals surface area contributed by atoms with Crippen molar-refractivity contribution in [1.82, 2.24) is 9.88 Å². The maximum atomic E-state index is 13.9. The molecule has 2 aromatic rings. The number of benzene rings is 1. The van der Waals surface area contributed by atoms with Crippen molar-refractivity contribution >= 4 is 22.4 Å². The van der Waals surface area contributed by atoms with E-state index in [2.05, 4.69) is 9.88 Å². The lowest BCUT2D eigenvalue weighted by molar-refractivity contribution is 0.0742. The van der Waals surface area contributed by atoms with Gasteiger partial charge in [-0.2, -0.15) is 0 Å². The summed E-state index contributed by atoms with van der Waals surface area (Å²) < 4.78 is 13.9. The molecule has 0 atom stereocenters. The Kier molecular flexibility index (Phi) is 3.88. The van der Waals surface area contributed by atoms with Crippen molar-refractivity contribution < 1.29 is 9.18 Å². The summed E-state index contributed by atoms with van der Waals surface area (Å²) in [4.78, 5) is 20.5. The minimum Gasteiger partial charge on any atom is -0.345 e. The van der Waals surface area contributed by atoms with E-state index in [1.807, 2.05) is 12.3 Å². The lowest BCUT2D eigenvalue weighted by atomic mass is 10.1. The average molecular weight is 305 g/mol. The first kappa shape index (κ1) is 14.0. The van der Waals surface area contributed by atoms with Gasteiger partial charge >= 0.3 is 0 Å². The van der Waals surface area contributed by atoms with Crippen molar-refractivity contribution in [2.24, 2.45) is 0 Å². The van der Waals surface area contributed by atoms with E-state index in [0.717, 1.165) is 23.8 Å². The van der Waals surface area contributed by atoms with E-state index in [1.54, 1.807) is 34.6 Å². The van der Waals surface area contributed by atoms with Gasteiger partial charge in [0.05, 0.1) is 5.56 Å². The molecule has 0 unspecified atom stereocenters. The molecule has 1 aliphatic rings. The molecule has 6 heteroatoms. The Hall–Kier alpha value is -1.95. The maximum Gasteiger partial charge on any atom is 0.256 e. The number of thiazole rings is 1. The van der Waals surface area contributed by atoms with E-state index >= 15 is 0 Å². The van der Waals surface area contributed by atoms with Crippen LogP contribution in [0.3, 0.4) is 0 Å². The molecule has 1 fully saturated rings. The van der Waals surface area contributed by atoms with Crippen LogP contribution in [0.1, 0.15) is 15.9 Å². The zero-order chi connectivity index (χ0) is 14.8. The van der Waals surface area contributed by atoms with Crippen molar-refractivity contribution in [3.63, 3.8) is 0 Å². The molecule has 0 saturated carbocycles. The second-order valence-corrected chi connectivity index (χ2v) is 5.95. The van der Waals surface area contributed by atoms with Gasteiger partial charge in [0.1, 0.15) is 5.82 Å². The summed E-state index contributed by atoms with van der Waals surface area (Å²) in [5.41, 5.74) is 0.973. The summed E-state index contributed by atoms with van der Waals surface area (Å²) >= 11 is 1.59. The number of amides is 1. The summed E-state index contributed by atoms with van der Waals surface area (Å²) in [5, 5.41) is 2.91. The van der Waals surface area contributed by atoms with Crippen molar-refractivity contribution in [3.8, 4) is 0 Å². The third kappa shape index (κ3) is 2.90. The first-order valence-electron chi connectivity index (χ1n) is 6.85. The fraction of sp³-hybridized carbons (Fsp3) is 0.333. The largest absolute Gasteiger partial charge is 0.345 e. The Morgan fingerprint density at radius 1 is 1.29 bits per heavy atom. The maximum absolute atomic E-state index is 13.9. The van der Waals surface area contributed by atoms with Gasteiger partial charge < -0.3 is 9.80 Å². The second kappa shape index (κ2) is 5.81. The van der Waals surface area contributed by atoms with E-state index in [4.69, 9.17) is 0 Å². The van der Waals surface area contributed by atoms with Crippen LogP contribution in [0.25, 0.3) is 0 Å². The van der Waals surface area contributed by atoms with Gasteiger partial charge in [-0.15, -0.1) is 11.3 Å². The zero-order valence-electron chi connectivity index (χ0n) is 11.8. The van der Waals surface area contributed by atoms with Gasteiger partial charge in [0.2, 0.25) is 0 Å². The quantitative estimate of drug-likeness (QED) is 0.855. The molecule has 1 aromatic carbocycles. The van der Waals surface area contributed by atoms with E-state index in [-0.39, 0.29) is 11.5 Å². The van der Waals surface area contributed by atoms with Crippen molar-refractivity contribution in [2.75, 3.05) is 31.1 Å². The third-order valence-electron chi connectivity index (χ3n) is 3.61. The highest BCUT2D eigenvalue weighted by molar-refractivity contribution is 7.13. The fourth-order valence-corrected chi connectivity index (χ4v) is 3.13. The number of hydrogen-bond donors (Lipinski definition) is 0. The van der Waals surface area contributed by atoms with Crippen LogP contribution in [0.15, 0.2) is 29.8 Å². The van der Waals surface area contributed by atoms with Gasteiger partial charge in [-0.05, 0) is 24.6 Å². The molecule has 1 aliphatic heterocycles. The SMILES string of the molecule is Cc1ccc(C(=O)N2CCN(c3nccs3)CC2)c(F)c1. The molecule has 1 amide bonds. The number of anilines is 1. The lowest BCUT2D eigenvalue weighted by Gasteiger charge is -2.34. The fourth-order valence-electron chi connectivity index (χ4n) is 2.44. The van der Waals surface area contributed by atoms with E-state index in [9.17, 15) is 9.18 Å². The molecule has 4 nitrogen and oxygen atoms in total. The number of aromatic nitrogens is 1. The molecule has 3 rings (SSSR count). The topological polar surface area (TPSA) is 36.4 Å². The molecule has 0 bridgehead atoms. The second-order valence-electron chi connectivity index (χ2n) is 5.08. The Morgan fingerprint density at radius 3 is 2.67 bits per heavy atom. The summed E-state index contributed by atoms with van der Waals surface area (Å²) in [6.45, 7) is 4.45. The van der Waals surface area contributed by atoms with Crippen LogP contribution in [0.5, 0.6) is 0 Å². The van der Waals surface area contributed by atoms with Crippen LogP contribution < -0.4 is 4.90 Å². The van der Waals surface area contributed by atoms with Gasteiger partial charge in [-0.3, -0.25) is 4.79 Å². The van der Waals surface area contributed by atoms with E-state index < -0.39 is 5.82 Å². The van der Waals surface area contributed by atoms with E-state index in [1.165, 1.54) is 6.07 Å². The number of aryl methyl sites for hydroxylation is 1. The predicted molar refractivity (Wildman–Crippen MR) is 81.4 cm³/mol. The van der Waals surface area contributed by atoms with Crippen molar-refractivity contribution in [3.05, 3.63) is 46.7 Å². The molecule has 2 heterocycles. The number of piperazine rings is 1. The third-order valence-corrected chi connectivity index (χ3v) is 4.44. The average Bonchev–Trinajstić information content (AvgIpc) is 3.01. The van der Waals surface area contributed by atoms with Crippen LogP contribution in [-0.4, -0.2) is 42.0 Å². The Morgan fingerprint density at radius 2 is 2.05 bits per heavy atom. The highest BCUT2D eigenvalue weighted by atomic mass is 32.1. The van der Waals surface area contributed by atoms with Crippen LogP contribution in [0.2, 0.25) is 0 Å². The predicted octanol–water partition coefficient (Wildman–Crippen LogP) is 2.55. The first-order valence-corrected chi connectivity index (χ1v) is 7.73. The number of carbonyl (C=O) groups excluding carboxylic acids is 1. The molecule has 0 aliphatic carbocycles. The van der Waals surface area contributed by atoms with Crippen LogP contribution in [0.4, 0.5) is 9.52 Å². The van der Waals surface area contributed by atoms with Crippen LogP contribution in [0, 0.1) is 12.7 Å². The van der Waals surface area contributed by atoms with Gasteiger partial charge in [0.15, 0.2) is 5.13 Å². The minimum atomic E-state index is -0.442. The number of hydrogen-bond acceptors (Lipinski definition) is 4. The summed E-state index contributed by atoms with van der Waals surface area (Å²) in [7, 11) is 0. The molecule has 0 N–H and O–H groups in total. The summed E-state index contributed by atoms with van der Waals surface area (Å²) in [6.07, 6.45) is 1.78. The number of rotatable bonds is 2. The molecule has 0 radical (unpaired) electrons. The summed E-state index contributed by atoms with van der Waals surface area (Å²) in [6, 6.07) is 4.74. The van der Waals surface area contributed by atoms with Crippen LogP contribution in [-0.2, 0) is 0 Å². The number of halogens is 1. The molecular weight excluding hydrogens is 289 g/mol. The Bertz CT molecular complexity index is 636. The van der Waals surface area contributed by atoms with Gasteiger partial charge in [0, 0.05) is 37.8 Å². The molecule has 1 saturated heterocycles. The Labute approximate surface area is 126 Å². The van der Waals surface area contributed by atoms with Gasteiger partial charge in [-0.1, -0.05) is 6.07 Å². The number of carbonyl (C=O) groups is 1. The highest BCUT2D eigenvalue weighted by Crippen LogP contribution is 2.20. The van der Waals surface area contributed by atoms with Crippen molar-refractivity contribution in [2.45, 2.75) is 6.92 Å². The normalized spacial score (nSPS) is 15.3. The van der Waals surface area contributed by atoms with E-state index in [0.29, 0.717) is 13.1 Å². The molecule has 0 spiro atoms. The zero-order valence-corrected chi connectivity index (χ0v) is 12.6. The number of nitrogens with zero attached hydrogens (tertiary/aromatic N) is 3. The first-order chi connectivity index (χ1) is 10.1. The van der Waals surface area contributed by atoms with Crippen molar-refractivity contribution in [1.29, 1.82) is 0 Å². The van der Waals surface area contributed by atoms with Gasteiger partial charge in [-0.25, -0.2) is 9.37 Å².